The molecule has 88 valence electrons. The van der Waals surface area contributed by atoms with Crippen LogP contribution in [0.3, 0.4) is 0 Å². The van der Waals surface area contributed by atoms with Crippen molar-refractivity contribution in [3.05, 3.63) is 35.4 Å². The number of halogens is 2. The fourth-order valence-electron chi connectivity index (χ4n) is 2.43. The van der Waals surface area contributed by atoms with Gasteiger partial charge in [-0.05, 0) is 62.4 Å². The standard InChI is InChI=1S/C13H17F2N/c1-9-6-10(4-5-16-9)7-11-8-12(14)2-3-13(11)15/h2-3,8-10,16H,4-7H2,1H3. The van der Waals surface area contributed by atoms with Crippen molar-refractivity contribution in [2.75, 3.05) is 6.54 Å². The summed E-state index contributed by atoms with van der Waals surface area (Å²) in [6, 6.07) is 4.19. The van der Waals surface area contributed by atoms with Crippen LogP contribution in [0.15, 0.2) is 18.2 Å². The van der Waals surface area contributed by atoms with Gasteiger partial charge >= 0.3 is 0 Å². The number of benzene rings is 1. The molecule has 1 aliphatic rings. The summed E-state index contributed by atoms with van der Waals surface area (Å²) in [7, 11) is 0. The predicted molar refractivity (Wildman–Crippen MR) is 60.3 cm³/mol. The van der Waals surface area contributed by atoms with Crippen molar-refractivity contribution in [3.63, 3.8) is 0 Å². The fourth-order valence-corrected chi connectivity index (χ4v) is 2.43. The van der Waals surface area contributed by atoms with Crippen LogP contribution < -0.4 is 5.32 Å². The van der Waals surface area contributed by atoms with Gasteiger partial charge in [0.15, 0.2) is 0 Å². The minimum Gasteiger partial charge on any atom is -0.314 e. The van der Waals surface area contributed by atoms with Crippen molar-refractivity contribution in [2.24, 2.45) is 5.92 Å². The van der Waals surface area contributed by atoms with Gasteiger partial charge in [0.2, 0.25) is 0 Å². The Balaban J connectivity index is 2.05. The van der Waals surface area contributed by atoms with Gasteiger partial charge in [0.25, 0.3) is 0 Å². The van der Waals surface area contributed by atoms with E-state index in [1.54, 1.807) is 0 Å². The first-order valence-corrected chi connectivity index (χ1v) is 5.82. The summed E-state index contributed by atoms with van der Waals surface area (Å²) in [5.74, 6) is -0.168. The lowest BCUT2D eigenvalue weighted by molar-refractivity contribution is 0.311. The number of hydrogen-bond acceptors (Lipinski definition) is 1. The zero-order valence-corrected chi connectivity index (χ0v) is 9.47. The largest absolute Gasteiger partial charge is 0.314 e. The summed E-state index contributed by atoms with van der Waals surface area (Å²) < 4.78 is 26.4. The van der Waals surface area contributed by atoms with Crippen LogP contribution in [0.4, 0.5) is 8.78 Å². The highest BCUT2D eigenvalue weighted by molar-refractivity contribution is 5.19. The molecule has 3 heteroatoms. The molecule has 1 heterocycles. The van der Waals surface area contributed by atoms with Crippen LogP contribution in [0.5, 0.6) is 0 Å². The van der Waals surface area contributed by atoms with E-state index in [0.29, 0.717) is 23.9 Å². The number of rotatable bonds is 2. The maximum Gasteiger partial charge on any atom is 0.126 e. The Morgan fingerprint density at radius 1 is 1.38 bits per heavy atom. The van der Waals surface area contributed by atoms with Gasteiger partial charge < -0.3 is 5.32 Å². The summed E-state index contributed by atoms with van der Waals surface area (Å²) in [5.41, 5.74) is 0.513. The van der Waals surface area contributed by atoms with Crippen molar-refractivity contribution >= 4 is 0 Å². The van der Waals surface area contributed by atoms with Gasteiger partial charge in [-0.1, -0.05) is 0 Å². The first-order chi connectivity index (χ1) is 7.65. The Kier molecular flexibility index (Phi) is 3.54. The van der Waals surface area contributed by atoms with Crippen molar-refractivity contribution in [1.82, 2.24) is 5.32 Å². The Hall–Kier alpha value is -0.960. The zero-order chi connectivity index (χ0) is 11.5. The van der Waals surface area contributed by atoms with E-state index in [1.165, 1.54) is 18.2 Å². The molecule has 1 N–H and O–H groups in total. The molecule has 1 saturated heterocycles. The van der Waals surface area contributed by atoms with Crippen LogP contribution in [0, 0.1) is 17.6 Å². The van der Waals surface area contributed by atoms with Gasteiger partial charge in [0, 0.05) is 6.04 Å². The minimum absolute atomic E-state index is 0.285. The Morgan fingerprint density at radius 2 is 2.19 bits per heavy atom. The first kappa shape index (κ1) is 11.5. The summed E-state index contributed by atoms with van der Waals surface area (Å²) >= 11 is 0. The molecule has 1 aromatic carbocycles. The van der Waals surface area contributed by atoms with Crippen LogP contribution in [0.25, 0.3) is 0 Å². The van der Waals surface area contributed by atoms with Gasteiger partial charge in [0.1, 0.15) is 11.6 Å². The van der Waals surface area contributed by atoms with Gasteiger partial charge in [0.05, 0.1) is 0 Å². The molecule has 1 nitrogen and oxygen atoms in total. The molecule has 0 radical (unpaired) electrons. The molecule has 0 spiro atoms. The molecule has 1 aliphatic heterocycles. The SMILES string of the molecule is CC1CC(Cc2cc(F)ccc2F)CCN1. The van der Waals surface area contributed by atoms with Crippen molar-refractivity contribution in [1.29, 1.82) is 0 Å². The number of piperidine rings is 1. The second kappa shape index (κ2) is 4.91. The van der Waals surface area contributed by atoms with Gasteiger partial charge in [-0.15, -0.1) is 0 Å². The number of nitrogens with one attached hydrogen (secondary N) is 1. The molecular weight excluding hydrogens is 208 g/mol. The smallest absolute Gasteiger partial charge is 0.126 e. The maximum atomic E-state index is 13.4. The second-order valence-corrected chi connectivity index (χ2v) is 4.69. The maximum absolute atomic E-state index is 13.4. The predicted octanol–water partition coefficient (Wildman–Crippen LogP) is 2.90. The molecule has 1 fully saturated rings. The van der Waals surface area contributed by atoms with E-state index < -0.39 is 0 Å². The average molecular weight is 225 g/mol. The molecule has 0 aliphatic carbocycles. The summed E-state index contributed by atoms with van der Waals surface area (Å²) in [4.78, 5) is 0. The van der Waals surface area contributed by atoms with E-state index in [4.69, 9.17) is 0 Å². The monoisotopic (exact) mass is 225 g/mol. The summed E-state index contributed by atoms with van der Waals surface area (Å²) in [5, 5.41) is 3.36. The normalized spacial score (nSPS) is 25.7. The van der Waals surface area contributed by atoms with Crippen molar-refractivity contribution in [2.45, 2.75) is 32.2 Å². The third-order valence-corrected chi connectivity index (χ3v) is 3.25. The van der Waals surface area contributed by atoms with Gasteiger partial charge in [-0.25, -0.2) is 8.78 Å². The Morgan fingerprint density at radius 3 is 2.94 bits per heavy atom. The molecule has 2 atom stereocenters. The summed E-state index contributed by atoms with van der Waals surface area (Å²) in [6.07, 6.45) is 2.73. The molecule has 1 aromatic rings. The molecule has 0 saturated carbocycles. The highest BCUT2D eigenvalue weighted by Gasteiger charge is 2.19. The quantitative estimate of drug-likeness (QED) is 0.816. The molecule has 0 bridgehead atoms. The van der Waals surface area contributed by atoms with Crippen LogP contribution in [0.1, 0.15) is 25.3 Å². The van der Waals surface area contributed by atoms with Crippen LogP contribution >= 0.6 is 0 Å². The fraction of sp³-hybridized carbons (Fsp3) is 0.538. The lowest BCUT2D eigenvalue weighted by Gasteiger charge is -2.28. The van der Waals surface area contributed by atoms with E-state index in [-0.39, 0.29) is 11.6 Å². The van der Waals surface area contributed by atoms with E-state index >= 15 is 0 Å². The third kappa shape index (κ3) is 2.79. The van der Waals surface area contributed by atoms with E-state index in [2.05, 4.69) is 12.2 Å². The van der Waals surface area contributed by atoms with Gasteiger partial charge in [-0.2, -0.15) is 0 Å². The number of hydrogen-bond donors (Lipinski definition) is 1. The van der Waals surface area contributed by atoms with Crippen molar-refractivity contribution < 1.29 is 8.78 Å². The highest BCUT2D eigenvalue weighted by atomic mass is 19.1. The van der Waals surface area contributed by atoms with Crippen molar-refractivity contribution in [3.8, 4) is 0 Å². The Labute approximate surface area is 94.9 Å². The zero-order valence-electron chi connectivity index (χ0n) is 9.47. The third-order valence-electron chi connectivity index (χ3n) is 3.25. The molecule has 2 rings (SSSR count). The van der Waals surface area contributed by atoms with Crippen LogP contribution in [-0.4, -0.2) is 12.6 Å². The van der Waals surface area contributed by atoms with E-state index in [9.17, 15) is 8.78 Å². The highest BCUT2D eigenvalue weighted by Crippen LogP contribution is 2.22. The molecule has 2 unspecified atom stereocenters. The molecule has 0 amide bonds. The topological polar surface area (TPSA) is 12.0 Å². The molecule has 0 aromatic heterocycles. The van der Waals surface area contributed by atoms with Crippen LogP contribution in [0.2, 0.25) is 0 Å². The summed E-state index contributed by atoms with van der Waals surface area (Å²) in [6.45, 7) is 3.11. The average Bonchev–Trinajstić information content (AvgIpc) is 2.24. The molecular formula is C13H17F2N. The lowest BCUT2D eigenvalue weighted by atomic mass is 9.87. The molecule has 16 heavy (non-hydrogen) atoms. The second-order valence-electron chi connectivity index (χ2n) is 4.69. The minimum atomic E-state index is -0.349. The van der Waals surface area contributed by atoms with E-state index in [0.717, 1.165) is 19.4 Å². The van der Waals surface area contributed by atoms with Crippen LogP contribution in [-0.2, 0) is 6.42 Å². The Bertz CT molecular complexity index is 365. The first-order valence-electron chi connectivity index (χ1n) is 5.82. The lowest BCUT2D eigenvalue weighted by Crippen LogP contribution is -2.36. The van der Waals surface area contributed by atoms with Gasteiger partial charge in [-0.3, -0.25) is 0 Å². The van der Waals surface area contributed by atoms with E-state index in [1.807, 2.05) is 0 Å².